The van der Waals surface area contributed by atoms with Crippen molar-refractivity contribution in [3.63, 3.8) is 0 Å². The number of halogens is 3. The lowest BCUT2D eigenvalue weighted by atomic mass is 9.97. The third kappa shape index (κ3) is 3.35. The summed E-state index contributed by atoms with van der Waals surface area (Å²) in [5.41, 5.74) is 5.10. The number of nitrogens with zero attached hydrogens (tertiary/aromatic N) is 2. The highest BCUT2D eigenvalue weighted by Gasteiger charge is 2.29. The molecular formula is C16H18ClF2N3. The first kappa shape index (κ1) is 16.6. The normalized spacial score (nSPS) is 16.6. The van der Waals surface area contributed by atoms with Gasteiger partial charge in [0.1, 0.15) is 5.84 Å². The SMILES string of the molecule is C=C(N=C1CC(C)=NN1)c1ccc(C(C)(F)F)c(CC)c1Cl. The molecule has 1 aromatic rings. The molecule has 0 unspecified atom stereocenters. The maximum Gasteiger partial charge on any atom is 0.270 e. The van der Waals surface area contributed by atoms with Crippen LogP contribution >= 0.6 is 11.6 Å². The third-order valence-electron chi connectivity index (χ3n) is 3.45. The first-order valence-corrected chi connectivity index (χ1v) is 7.37. The fourth-order valence-corrected chi connectivity index (χ4v) is 2.78. The van der Waals surface area contributed by atoms with E-state index in [0.717, 1.165) is 12.6 Å². The van der Waals surface area contributed by atoms with Gasteiger partial charge in [0.2, 0.25) is 0 Å². The maximum absolute atomic E-state index is 13.7. The summed E-state index contributed by atoms with van der Waals surface area (Å²) in [6, 6.07) is 2.94. The van der Waals surface area contributed by atoms with Gasteiger partial charge in [-0.1, -0.05) is 37.2 Å². The molecule has 0 radical (unpaired) electrons. The van der Waals surface area contributed by atoms with E-state index in [0.29, 0.717) is 35.5 Å². The van der Waals surface area contributed by atoms with Crippen LogP contribution in [0.2, 0.25) is 5.02 Å². The van der Waals surface area contributed by atoms with E-state index < -0.39 is 5.92 Å². The van der Waals surface area contributed by atoms with E-state index in [1.165, 1.54) is 6.07 Å². The average molecular weight is 326 g/mol. The summed E-state index contributed by atoms with van der Waals surface area (Å²) in [5, 5.41) is 4.31. The molecule has 22 heavy (non-hydrogen) atoms. The average Bonchev–Trinajstić information content (AvgIpc) is 2.82. The molecule has 1 aliphatic heterocycles. The summed E-state index contributed by atoms with van der Waals surface area (Å²) in [5.74, 6) is -2.26. The van der Waals surface area contributed by atoms with E-state index in [2.05, 4.69) is 22.1 Å². The molecular weight excluding hydrogens is 308 g/mol. The molecule has 0 bridgehead atoms. The van der Waals surface area contributed by atoms with Gasteiger partial charge < -0.3 is 0 Å². The molecule has 1 aliphatic rings. The second kappa shape index (κ2) is 6.16. The number of aliphatic imine (C=N–C) groups is 1. The van der Waals surface area contributed by atoms with Crippen molar-refractivity contribution >= 4 is 28.8 Å². The standard InChI is InChI=1S/C16H18ClF2N3/c1-5-11-13(16(4,18)19)7-6-12(15(11)17)10(3)20-14-8-9(2)21-22-14/h6-7H,3,5,8H2,1-2,4H3,(H,20,22). The predicted octanol–water partition coefficient (Wildman–Crippen LogP) is 4.75. The summed E-state index contributed by atoms with van der Waals surface area (Å²) in [6.07, 6.45) is 1.03. The van der Waals surface area contributed by atoms with Crippen LogP contribution in [0.25, 0.3) is 5.70 Å². The molecule has 0 saturated heterocycles. The third-order valence-corrected chi connectivity index (χ3v) is 3.88. The molecule has 1 heterocycles. The highest BCUT2D eigenvalue weighted by atomic mass is 35.5. The summed E-state index contributed by atoms with van der Waals surface area (Å²) in [4.78, 5) is 4.35. The highest BCUT2D eigenvalue weighted by molar-refractivity contribution is 6.33. The zero-order valence-electron chi connectivity index (χ0n) is 12.8. The Hall–Kier alpha value is -1.75. The summed E-state index contributed by atoms with van der Waals surface area (Å²) < 4.78 is 27.3. The van der Waals surface area contributed by atoms with Crippen molar-refractivity contribution in [1.82, 2.24) is 5.43 Å². The largest absolute Gasteiger partial charge is 0.270 e. The van der Waals surface area contributed by atoms with E-state index in [1.54, 1.807) is 13.0 Å². The summed E-state index contributed by atoms with van der Waals surface area (Å²) in [6.45, 7) is 8.45. The van der Waals surface area contributed by atoms with Crippen LogP contribution in [0.1, 0.15) is 43.9 Å². The van der Waals surface area contributed by atoms with E-state index in [9.17, 15) is 8.78 Å². The lowest BCUT2D eigenvalue weighted by Crippen LogP contribution is -2.12. The molecule has 0 amide bonds. The van der Waals surface area contributed by atoms with Gasteiger partial charge in [-0.05, 0) is 18.9 Å². The molecule has 0 aromatic heterocycles. The van der Waals surface area contributed by atoms with Crippen LogP contribution in [0.15, 0.2) is 28.8 Å². The van der Waals surface area contributed by atoms with Crippen LogP contribution in [0.5, 0.6) is 0 Å². The lowest BCUT2D eigenvalue weighted by Gasteiger charge is -2.18. The fraction of sp³-hybridized carbons (Fsp3) is 0.375. The minimum atomic E-state index is -2.93. The zero-order chi connectivity index (χ0) is 16.5. The summed E-state index contributed by atoms with van der Waals surface area (Å²) in [7, 11) is 0. The number of rotatable bonds is 4. The number of hydrogen-bond acceptors (Lipinski definition) is 2. The highest BCUT2D eigenvalue weighted by Crippen LogP contribution is 2.37. The van der Waals surface area contributed by atoms with Gasteiger partial charge in [0, 0.05) is 30.2 Å². The second-order valence-corrected chi connectivity index (χ2v) is 5.71. The van der Waals surface area contributed by atoms with Gasteiger partial charge >= 0.3 is 0 Å². The predicted molar refractivity (Wildman–Crippen MR) is 87.7 cm³/mol. The van der Waals surface area contributed by atoms with E-state index in [1.807, 2.05) is 6.92 Å². The number of amidine groups is 1. The number of hydrogen-bond donors (Lipinski definition) is 1. The monoisotopic (exact) mass is 325 g/mol. The first-order chi connectivity index (χ1) is 10.2. The molecule has 3 nitrogen and oxygen atoms in total. The second-order valence-electron chi connectivity index (χ2n) is 5.34. The number of hydrazone groups is 1. The van der Waals surface area contributed by atoms with Gasteiger partial charge in [0.15, 0.2) is 0 Å². The minimum absolute atomic E-state index is 0.0534. The van der Waals surface area contributed by atoms with Crippen LogP contribution in [-0.2, 0) is 12.3 Å². The van der Waals surface area contributed by atoms with Crippen molar-refractivity contribution in [1.29, 1.82) is 0 Å². The van der Waals surface area contributed by atoms with Gasteiger partial charge in [0.05, 0.1) is 10.7 Å². The van der Waals surface area contributed by atoms with Crippen LogP contribution in [0, 0.1) is 0 Å². The molecule has 118 valence electrons. The Balaban J connectivity index is 2.39. The Morgan fingerprint density at radius 1 is 1.50 bits per heavy atom. The van der Waals surface area contributed by atoms with Gasteiger partial charge in [0.25, 0.3) is 5.92 Å². The van der Waals surface area contributed by atoms with Crippen LogP contribution < -0.4 is 5.43 Å². The summed E-state index contributed by atoms with van der Waals surface area (Å²) >= 11 is 6.32. The van der Waals surface area contributed by atoms with Crippen molar-refractivity contribution in [2.45, 2.75) is 39.5 Å². The molecule has 0 saturated carbocycles. The number of alkyl halides is 2. The molecule has 2 rings (SSSR count). The molecule has 0 fully saturated rings. The number of benzene rings is 1. The van der Waals surface area contributed by atoms with Crippen molar-refractivity contribution in [3.8, 4) is 0 Å². The Kier molecular flexibility index (Phi) is 4.66. The Bertz CT molecular complexity index is 673. The first-order valence-electron chi connectivity index (χ1n) is 6.99. The lowest BCUT2D eigenvalue weighted by molar-refractivity contribution is 0.0166. The molecule has 0 aliphatic carbocycles. The van der Waals surface area contributed by atoms with Crippen LogP contribution in [0.3, 0.4) is 0 Å². The van der Waals surface area contributed by atoms with Crippen molar-refractivity contribution in [2.75, 3.05) is 0 Å². The van der Waals surface area contributed by atoms with Crippen molar-refractivity contribution in [2.24, 2.45) is 10.1 Å². The molecule has 0 spiro atoms. The quantitative estimate of drug-likeness (QED) is 0.852. The van der Waals surface area contributed by atoms with Gasteiger partial charge in [-0.2, -0.15) is 5.10 Å². The smallest absolute Gasteiger partial charge is 0.265 e. The van der Waals surface area contributed by atoms with Gasteiger partial charge in [-0.15, -0.1) is 0 Å². The Morgan fingerprint density at radius 2 is 2.18 bits per heavy atom. The molecule has 1 N–H and O–H groups in total. The van der Waals surface area contributed by atoms with E-state index in [-0.39, 0.29) is 10.6 Å². The van der Waals surface area contributed by atoms with Gasteiger partial charge in [-0.3, -0.25) is 5.43 Å². The Morgan fingerprint density at radius 3 is 2.68 bits per heavy atom. The molecule has 1 aromatic carbocycles. The Labute approximate surface area is 133 Å². The van der Waals surface area contributed by atoms with Crippen LogP contribution in [-0.4, -0.2) is 11.5 Å². The minimum Gasteiger partial charge on any atom is -0.265 e. The van der Waals surface area contributed by atoms with E-state index in [4.69, 9.17) is 11.6 Å². The van der Waals surface area contributed by atoms with Crippen molar-refractivity contribution < 1.29 is 8.78 Å². The van der Waals surface area contributed by atoms with Gasteiger partial charge in [-0.25, -0.2) is 13.8 Å². The van der Waals surface area contributed by atoms with E-state index >= 15 is 0 Å². The topological polar surface area (TPSA) is 36.8 Å². The number of nitrogens with one attached hydrogen (secondary N) is 1. The molecule has 0 atom stereocenters. The fourth-order valence-electron chi connectivity index (χ4n) is 2.37. The maximum atomic E-state index is 13.7. The molecule has 6 heteroatoms. The zero-order valence-corrected chi connectivity index (χ0v) is 13.6. The van der Waals surface area contributed by atoms with Crippen LogP contribution in [0.4, 0.5) is 8.78 Å². The van der Waals surface area contributed by atoms with Crippen molar-refractivity contribution in [3.05, 3.63) is 40.4 Å².